The molecule has 0 aliphatic heterocycles. The third-order valence-corrected chi connectivity index (χ3v) is 0.966. The lowest BCUT2D eigenvalue weighted by molar-refractivity contribution is -0.0529. The van der Waals surface area contributed by atoms with Crippen molar-refractivity contribution >= 4 is 0 Å². The molecule has 0 fully saturated rings. The van der Waals surface area contributed by atoms with E-state index in [1.165, 1.54) is 0 Å². The number of rotatable bonds is 2. The van der Waals surface area contributed by atoms with Crippen molar-refractivity contribution in [3.05, 3.63) is 18.1 Å². The van der Waals surface area contributed by atoms with Gasteiger partial charge in [-0.05, 0) is 0 Å². The molecule has 0 aliphatic carbocycles. The fraction of sp³-hybridized carbons (Fsp3) is 0.167. The Morgan fingerprint density at radius 2 is 2.25 bits per heavy atom. The summed E-state index contributed by atoms with van der Waals surface area (Å²) in [5.74, 6) is -0.309. The summed E-state index contributed by atoms with van der Waals surface area (Å²) in [7, 11) is 0. The Morgan fingerprint density at radius 1 is 1.50 bits per heavy atom. The molecule has 1 heterocycles. The van der Waals surface area contributed by atoms with Crippen LogP contribution in [-0.4, -0.2) is 16.6 Å². The lowest BCUT2D eigenvalue weighted by atomic mass is 10.4. The Morgan fingerprint density at radius 3 is 2.83 bits per heavy atom. The van der Waals surface area contributed by atoms with Crippen molar-refractivity contribution in [3.8, 4) is 11.9 Å². The van der Waals surface area contributed by atoms with E-state index in [1.807, 2.05) is 0 Å². The third-order valence-electron chi connectivity index (χ3n) is 0.966. The molecule has 0 saturated carbocycles. The molecular formula is C6H3F2N3O. The summed E-state index contributed by atoms with van der Waals surface area (Å²) in [4.78, 5) is 6.83. The van der Waals surface area contributed by atoms with Crippen LogP contribution in [-0.2, 0) is 0 Å². The van der Waals surface area contributed by atoms with E-state index in [1.54, 1.807) is 6.07 Å². The quantitative estimate of drug-likeness (QED) is 0.664. The molecule has 0 atom stereocenters. The SMILES string of the molecule is N#Cc1cc(OC(F)F)ncn1. The highest BCUT2D eigenvalue weighted by molar-refractivity contribution is 5.23. The van der Waals surface area contributed by atoms with Crippen LogP contribution in [0, 0.1) is 11.3 Å². The number of nitriles is 1. The average molecular weight is 171 g/mol. The van der Waals surface area contributed by atoms with Crippen LogP contribution in [0.15, 0.2) is 12.4 Å². The van der Waals surface area contributed by atoms with Crippen molar-refractivity contribution < 1.29 is 13.5 Å². The number of ether oxygens (including phenoxy) is 1. The number of nitrogens with zero attached hydrogens (tertiary/aromatic N) is 3. The number of halogens is 2. The first-order chi connectivity index (χ1) is 5.72. The predicted octanol–water partition coefficient (Wildman–Crippen LogP) is 0.950. The highest BCUT2D eigenvalue weighted by atomic mass is 19.3. The van der Waals surface area contributed by atoms with Crippen molar-refractivity contribution in [3.63, 3.8) is 0 Å². The third kappa shape index (κ3) is 2.12. The second-order valence-electron chi connectivity index (χ2n) is 1.73. The molecule has 0 amide bonds. The molecule has 1 rings (SSSR count). The van der Waals surface area contributed by atoms with Gasteiger partial charge in [0.2, 0.25) is 5.88 Å². The Hall–Kier alpha value is -1.77. The van der Waals surface area contributed by atoms with Crippen LogP contribution in [0.1, 0.15) is 5.69 Å². The molecule has 62 valence electrons. The fourth-order valence-electron chi connectivity index (χ4n) is 0.556. The van der Waals surface area contributed by atoms with Gasteiger partial charge in [0.05, 0.1) is 0 Å². The van der Waals surface area contributed by atoms with Crippen molar-refractivity contribution in [2.24, 2.45) is 0 Å². The standard InChI is InChI=1S/C6H3F2N3O/c7-6(8)12-5-1-4(2-9)10-3-11-5/h1,3,6H. The summed E-state index contributed by atoms with van der Waals surface area (Å²) in [5, 5.41) is 8.31. The first-order valence-electron chi connectivity index (χ1n) is 2.89. The van der Waals surface area contributed by atoms with Crippen molar-refractivity contribution in [2.45, 2.75) is 6.61 Å². The zero-order valence-electron chi connectivity index (χ0n) is 5.74. The predicted molar refractivity (Wildman–Crippen MR) is 33.4 cm³/mol. The Bertz CT molecular complexity index is 310. The van der Waals surface area contributed by atoms with E-state index in [4.69, 9.17) is 5.26 Å². The van der Waals surface area contributed by atoms with Gasteiger partial charge >= 0.3 is 6.61 Å². The molecule has 0 aromatic carbocycles. The van der Waals surface area contributed by atoms with E-state index < -0.39 is 6.61 Å². The molecule has 12 heavy (non-hydrogen) atoms. The summed E-state index contributed by atoms with van der Waals surface area (Å²) < 4.78 is 27.1. The smallest absolute Gasteiger partial charge is 0.388 e. The molecule has 0 unspecified atom stereocenters. The maximum Gasteiger partial charge on any atom is 0.388 e. The van der Waals surface area contributed by atoms with Gasteiger partial charge in [-0.2, -0.15) is 14.0 Å². The van der Waals surface area contributed by atoms with Crippen LogP contribution in [0.25, 0.3) is 0 Å². The highest BCUT2D eigenvalue weighted by Gasteiger charge is 2.05. The van der Waals surface area contributed by atoms with Gasteiger partial charge in [-0.1, -0.05) is 0 Å². The maximum absolute atomic E-state index is 11.6. The van der Waals surface area contributed by atoms with Gasteiger partial charge in [0.1, 0.15) is 18.1 Å². The van der Waals surface area contributed by atoms with E-state index in [2.05, 4.69) is 14.7 Å². The van der Waals surface area contributed by atoms with E-state index in [0.717, 1.165) is 12.4 Å². The van der Waals surface area contributed by atoms with E-state index >= 15 is 0 Å². The lowest BCUT2D eigenvalue weighted by Gasteiger charge is -2.00. The molecule has 0 bridgehead atoms. The monoisotopic (exact) mass is 171 g/mol. The zero-order chi connectivity index (χ0) is 8.97. The van der Waals surface area contributed by atoms with Crippen molar-refractivity contribution in [1.82, 2.24) is 9.97 Å². The van der Waals surface area contributed by atoms with Crippen LogP contribution in [0.2, 0.25) is 0 Å². The summed E-state index contributed by atoms with van der Waals surface area (Å²) in [6, 6.07) is 2.70. The summed E-state index contributed by atoms with van der Waals surface area (Å²) in [6.07, 6.45) is 0.982. The molecule has 0 spiro atoms. The Labute approximate surface area is 66.4 Å². The van der Waals surface area contributed by atoms with E-state index in [9.17, 15) is 8.78 Å². The number of aromatic nitrogens is 2. The second kappa shape index (κ2) is 3.57. The van der Waals surface area contributed by atoms with Crippen LogP contribution in [0.5, 0.6) is 5.88 Å². The van der Waals surface area contributed by atoms with Gasteiger partial charge in [0.25, 0.3) is 0 Å². The van der Waals surface area contributed by atoms with Crippen LogP contribution in [0.4, 0.5) is 8.78 Å². The van der Waals surface area contributed by atoms with Crippen molar-refractivity contribution in [1.29, 1.82) is 5.26 Å². The first-order valence-corrected chi connectivity index (χ1v) is 2.89. The summed E-state index contributed by atoms with van der Waals surface area (Å²) >= 11 is 0. The summed E-state index contributed by atoms with van der Waals surface area (Å²) in [6.45, 7) is -2.94. The first kappa shape index (κ1) is 8.33. The minimum atomic E-state index is -2.94. The van der Waals surface area contributed by atoms with Gasteiger partial charge in [-0.3, -0.25) is 0 Å². The fourth-order valence-corrected chi connectivity index (χ4v) is 0.556. The van der Waals surface area contributed by atoms with E-state index in [0.29, 0.717) is 0 Å². The van der Waals surface area contributed by atoms with Crippen LogP contribution < -0.4 is 4.74 Å². The average Bonchev–Trinajstić information content (AvgIpc) is 2.03. The van der Waals surface area contributed by atoms with Gasteiger partial charge < -0.3 is 4.74 Å². The molecule has 0 saturated heterocycles. The minimum absolute atomic E-state index is 0.0133. The molecular weight excluding hydrogens is 168 g/mol. The van der Waals surface area contributed by atoms with E-state index in [-0.39, 0.29) is 11.6 Å². The van der Waals surface area contributed by atoms with Gasteiger partial charge in [-0.25, -0.2) is 9.97 Å². The second-order valence-corrected chi connectivity index (χ2v) is 1.73. The Balaban J connectivity index is 2.81. The van der Waals surface area contributed by atoms with Crippen LogP contribution >= 0.6 is 0 Å². The van der Waals surface area contributed by atoms with Gasteiger partial charge in [-0.15, -0.1) is 0 Å². The number of hydrogen-bond acceptors (Lipinski definition) is 4. The molecule has 0 N–H and O–H groups in total. The topological polar surface area (TPSA) is 58.8 Å². The van der Waals surface area contributed by atoms with Crippen molar-refractivity contribution in [2.75, 3.05) is 0 Å². The summed E-state index contributed by atoms with van der Waals surface area (Å²) in [5.41, 5.74) is -0.0133. The molecule has 0 radical (unpaired) electrons. The Kier molecular flexibility index (Phi) is 2.48. The molecule has 6 heteroatoms. The molecule has 4 nitrogen and oxygen atoms in total. The van der Waals surface area contributed by atoms with Gasteiger partial charge in [0.15, 0.2) is 0 Å². The number of hydrogen-bond donors (Lipinski definition) is 0. The maximum atomic E-state index is 11.6. The normalized spacial score (nSPS) is 9.50. The molecule has 1 aromatic rings. The largest absolute Gasteiger partial charge is 0.417 e. The van der Waals surface area contributed by atoms with Crippen LogP contribution in [0.3, 0.4) is 0 Å². The minimum Gasteiger partial charge on any atom is -0.417 e. The molecule has 0 aliphatic rings. The number of alkyl halides is 2. The highest BCUT2D eigenvalue weighted by Crippen LogP contribution is 2.09. The zero-order valence-corrected chi connectivity index (χ0v) is 5.74. The van der Waals surface area contributed by atoms with Gasteiger partial charge in [0, 0.05) is 6.07 Å². The molecule has 1 aromatic heterocycles. The lowest BCUT2D eigenvalue weighted by Crippen LogP contribution is -2.04.